The van der Waals surface area contributed by atoms with E-state index in [9.17, 15) is 24.5 Å². The van der Waals surface area contributed by atoms with Gasteiger partial charge < -0.3 is 16.4 Å². The number of amides is 3. The molecule has 0 spiro atoms. The van der Waals surface area contributed by atoms with E-state index in [-0.39, 0.29) is 40.3 Å². The molecule has 146 valence electrons. The molecule has 4 N–H and O–H groups in total. The minimum Gasteiger partial charge on any atom is -0.366 e. The third kappa shape index (κ3) is 5.55. The highest BCUT2D eigenvalue weighted by molar-refractivity contribution is 8.00. The monoisotopic (exact) mass is 402 g/mol. The van der Waals surface area contributed by atoms with Crippen LogP contribution in [0.5, 0.6) is 0 Å². The Morgan fingerprint density at radius 1 is 1.14 bits per heavy atom. The number of primary amides is 1. The lowest BCUT2D eigenvalue weighted by Gasteiger charge is -2.08. The molecule has 2 aromatic carbocycles. The summed E-state index contributed by atoms with van der Waals surface area (Å²) in [6.07, 6.45) is 0. The van der Waals surface area contributed by atoms with E-state index in [1.54, 1.807) is 24.3 Å². The number of carbonyl (C=O) groups excluding carboxylic acids is 3. The molecule has 2 rings (SSSR count). The molecule has 28 heavy (non-hydrogen) atoms. The van der Waals surface area contributed by atoms with Crippen molar-refractivity contribution in [1.82, 2.24) is 10.6 Å². The summed E-state index contributed by atoms with van der Waals surface area (Å²) in [5.41, 5.74) is 6.10. The third-order valence-electron chi connectivity index (χ3n) is 3.70. The molecule has 3 amide bonds. The van der Waals surface area contributed by atoms with Gasteiger partial charge in [-0.15, -0.1) is 11.8 Å². The molecule has 0 bridgehead atoms. The van der Waals surface area contributed by atoms with Crippen LogP contribution in [0.15, 0.2) is 47.4 Å². The molecule has 0 radical (unpaired) electrons. The quantitative estimate of drug-likeness (QED) is 0.346. The summed E-state index contributed by atoms with van der Waals surface area (Å²) in [6, 6.07) is 10.7. The number of nitrogens with one attached hydrogen (secondary N) is 2. The second-order valence-electron chi connectivity index (χ2n) is 5.65. The third-order valence-corrected chi connectivity index (χ3v) is 4.77. The maximum Gasteiger partial charge on any atom is 0.283 e. The minimum atomic E-state index is -0.767. The van der Waals surface area contributed by atoms with E-state index < -0.39 is 10.8 Å². The highest BCUT2D eigenvalue weighted by Crippen LogP contribution is 2.29. The Balaban J connectivity index is 1.97. The number of nitro benzene ring substituents is 1. The fourth-order valence-corrected chi connectivity index (χ4v) is 3.13. The molecule has 0 unspecified atom stereocenters. The van der Waals surface area contributed by atoms with Crippen molar-refractivity contribution < 1.29 is 19.3 Å². The van der Waals surface area contributed by atoms with Gasteiger partial charge in [-0.2, -0.15) is 0 Å². The van der Waals surface area contributed by atoms with Crippen molar-refractivity contribution in [2.75, 3.05) is 12.8 Å². The molecule has 0 atom stereocenters. The van der Waals surface area contributed by atoms with Gasteiger partial charge in [0.25, 0.3) is 11.6 Å². The number of carbonyl (C=O) groups is 3. The van der Waals surface area contributed by atoms with Crippen molar-refractivity contribution in [2.45, 2.75) is 11.4 Å². The van der Waals surface area contributed by atoms with Crippen LogP contribution in [0, 0.1) is 10.1 Å². The van der Waals surface area contributed by atoms with Crippen molar-refractivity contribution in [2.24, 2.45) is 5.73 Å². The molecule has 0 saturated carbocycles. The Morgan fingerprint density at radius 2 is 1.89 bits per heavy atom. The van der Waals surface area contributed by atoms with Crippen LogP contribution >= 0.6 is 11.8 Å². The number of benzene rings is 2. The first-order valence-corrected chi connectivity index (χ1v) is 9.09. The van der Waals surface area contributed by atoms with Crippen LogP contribution in [0.25, 0.3) is 0 Å². The van der Waals surface area contributed by atoms with E-state index in [0.29, 0.717) is 5.56 Å². The molecule has 0 heterocycles. The van der Waals surface area contributed by atoms with Crippen LogP contribution in [0.3, 0.4) is 0 Å². The smallest absolute Gasteiger partial charge is 0.283 e. The molecule has 0 aliphatic rings. The van der Waals surface area contributed by atoms with Gasteiger partial charge in [0.15, 0.2) is 0 Å². The summed E-state index contributed by atoms with van der Waals surface area (Å²) in [6.45, 7) is 0.215. The highest BCUT2D eigenvalue weighted by Gasteiger charge is 2.18. The van der Waals surface area contributed by atoms with Crippen molar-refractivity contribution in [3.05, 3.63) is 69.3 Å². The molecule has 0 saturated heterocycles. The van der Waals surface area contributed by atoms with Gasteiger partial charge in [-0.3, -0.25) is 24.5 Å². The Kier molecular flexibility index (Phi) is 7.10. The minimum absolute atomic E-state index is 0.0245. The van der Waals surface area contributed by atoms with Crippen LogP contribution in [-0.4, -0.2) is 35.4 Å². The number of thioether (sulfide) groups is 1. The Morgan fingerprint density at radius 3 is 2.54 bits per heavy atom. The van der Waals surface area contributed by atoms with Crippen molar-refractivity contribution in [1.29, 1.82) is 0 Å². The van der Waals surface area contributed by atoms with E-state index in [1.807, 2.05) is 0 Å². The molecule has 0 fully saturated rings. The number of nitrogens with two attached hydrogens (primary N) is 1. The fraction of sp³-hybridized carbons (Fsp3) is 0.167. The first-order valence-electron chi connectivity index (χ1n) is 8.10. The van der Waals surface area contributed by atoms with Crippen LogP contribution in [-0.2, 0) is 11.3 Å². The first-order chi connectivity index (χ1) is 13.3. The number of nitrogens with zero attached hydrogens (tertiary/aromatic N) is 1. The van der Waals surface area contributed by atoms with E-state index in [0.717, 1.165) is 23.4 Å². The van der Waals surface area contributed by atoms with Gasteiger partial charge in [-0.1, -0.05) is 12.1 Å². The predicted octanol–water partition coefficient (Wildman–Crippen LogP) is 1.46. The van der Waals surface area contributed by atoms with Gasteiger partial charge in [0.1, 0.15) is 0 Å². The van der Waals surface area contributed by atoms with Gasteiger partial charge in [-0.25, -0.2) is 0 Å². The maximum atomic E-state index is 12.1. The lowest BCUT2D eigenvalue weighted by Crippen LogP contribution is -2.25. The number of hydrogen-bond acceptors (Lipinski definition) is 6. The Bertz CT molecular complexity index is 932. The number of nitro groups is 1. The Hall–Kier alpha value is -3.40. The molecule has 10 heteroatoms. The zero-order valence-electron chi connectivity index (χ0n) is 14.9. The van der Waals surface area contributed by atoms with Gasteiger partial charge in [0, 0.05) is 30.8 Å². The van der Waals surface area contributed by atoms with Gasteiger partial charge in [0.05, 0.1) is 15.6 Å². The molecule has 9 nitrogen and oxygen atoms in total. The summed E-state index contributed by atoms with van der Waals surface area (Å²) in [7, 11) is 1.53. The summed E-state index contributed by atoms with van der Waals surface area (Å²) >= 11 is 0.981. The number of rotatable bonds is 8. The van der Waals surface area contributed by atoms with Crippen molar-refractivity contribution in [3.8, 4) is 0 Å². The molecule has 2 aromatic rings. The molecule has 0 aliphatic heterocycles. The Labute approximate surface area is 164 Å². The van der Waals surface area contributed by atoms with E-state index >= 15 is 0 Å². The van der Waals surface area contributed by atoms with E-state index in [1.165, 1.54) is 19.2 Å². The molecule has 0 aliphatic carbocycles. The van der Waals surface area contributed by atoms with Crippen LogP contribution in [0.4, 0.5) is 5.69 Å². The maximum absolute atomic E-state index is 12.1. The second-order valence-corrected chi connectivity index (χ2v) is 6.67. The first kappa shape index (κ1) is 20.9. The SMILES string of the molecule is CNC(=O)c1cccc(CNC(=O)CSc2ccc(C(N)=O)cc2[N+](=O)[O-])c1. The van der Waals surface area contributed by atoms with Crippen LogP contribution in [0.2, 0.25) is 0 Å². The predicted molar refractivity (Wildman–Crippen MR) is 104 cm³/mol. The number of hydrogen-bond donors (Lipinski definition) is 3. The summed E-state index contributed by atoms with van der Waals surface area (Å²) in [5, 5.41) is 16.4. The molecule has 0 aromatic heterocycles. The zero-order chi connectivity index (χ0) is 20.7. The summed E-state index contributed by atoms with van der Waals surface area (Å²) in [5.74, 6) is -1.37. The summed E-state index contributed by atoms with van der Waals surface area (Å²) < 4.78 is 0. The highest BCUT2D eigenvalue weighted by atomic mass is 32.2. The average molecular weight is 402 g/mol. The average Bonchev–Trinajstić information content (AvgIpc) is 2.69. The van der Waals surface area contributed by atoms with Crippen LogP contribution < -0.4 is 16.4 Å². The van der Waals surface area contributed by atoms with Crippen molar-refractivity contribution >= 4 is 35.2 Å². The van der Waals surface area contributed by atoms with Gasteiger partial charge in [0.2, 0.25) is 11.8 Å². The molecular weight excluding hydrogens is 384 g/mol. The molecular formula is C18H18N4O5S. The second kappa shape index (κ2) is 9.51. The van der Waals surface area contributed by atoms with E-state index in [2.05, 4.69) is 10.6 Å². The largest absolute Gasteiger partial charge is 0.366 e. The fourth-order valence-electron chi connectivity index (χ4n) is 2.30. The van der Waals surface area contributed by atoms with Gasteiger partial charge >= 0.3 is 0 Å². The topological polar surface area (TPSA) is 144 Å². The van der Waals surface area contributed by atoms with E-state index in [4.69, 9.17) is 5.73 Å². The zero-order valence-corrected chi connectivity index (χ0v) is 15.7. The summed E-state index contributed by atoms with van der Waals surface area (Å²) in [4.78, 5) is 45.7. The van der Waals surface area contributed by atoms with Gasteiger partial charge in [-0.05, 0) is 29.8 Å². The normalized spacial score (nSPS) is 10.2. The lowest BCUT2D eigenvalue weighted by atomic mass is 10.1. The van der Waals surface area contributed by atoms with Crippen molar-refractivity contribution in [3.63, 3.8) is 0 Å². The van der Waals surface area contributed by atoms with Crippen LogP contribution in [0.1, 0.15) is 26.3 Å². The standard InChI is InChI=1S/C18H18N4O5S/c1-20-18(25)13-4-2-3-11(7-13)9-21-16(23)10-28-15-6-5-12(17(19)24)8-14(15)22(26)27/h2-8H,9-10H2,1H3,(H2,19,24)(H,20,25)(H,21,23). The lowest BCUT2D eigenvalue weighted by molar-refractivity contribution is -0.387.